The number of nitrogens with one attached hydrogen (secondary N) is 1. The number of sulfone groups is 1. The highest BCUT2D eigenvalue weighted by atomic mass is 35.5. The van der Waals surface area contributed by atoms with E-state index in [4.69, 9.17) is 11.6 Å². The number of anilines is 1. The van der Waals surface area contributed by atoms with Crippen LogP contribution in [0.3, 0.4) is 0 Å². The number of rotatable bonds is 3. The fourth-order valence-electron chi connectivity index (χ4n) is 2.42. The molecule has 2 aromatic carbocycles. The lowest BCUT2D eigenvalue weighted by Gasteiger charge is -2.11. The van der Waals surface area contributed by atoms with Gasteiger partial charge in [0.1, 0.15) is 0 Å². The molecule has 0 radical (unpaired) electrons. The highest BCUT2D eigenvalue weighted by molar-refractivity contribution is 7.91. The first-order chi connectivity index (χ1) is 11.4. The molecule has 0 saturated heterocycles. The summed E-state index contributed by atoms with van der Waals surface area (Å²) >= 11 is 5.83. The van der Waals surface area contributed by atoms with Crippen molar-refractivity contribution in [3.8, 4) is 0 Å². The van der Waals surface area contributed by atoms with Gasteiger partial charge in [0.2, 0.25) is 15.7 Å². The largest absolute Gasteiger partial charge is 0.324 e. The van der Waals surface area contributed by atoms with Gasteiger partial charge in [0, 0.05) is 23.5 Å². The van der Waals surface area contributed by atoms with Gasteiger partial charge in [-0.05, 0) is 36.4 Å². The normalized spacial score (nSPS) is 11.4. The van der Waals surface area contributed by atoms with E-state index in [1.807, 2.05) is 0 Å². The number of pyridine rings is 1. The van der Waals surface area contributed by atoms with Crippen molar-refractivity contribution in [2.45, 2.75) is 16.7 Å². The van der Waals surface area contributed by atoms with Crippen molar-refractivity contribution < 1.29 is 13.2 Å². The Morgan fingerprint density at radius 1 is 1.08 bits per heavy atom. The summed E-state index contributed by atoms with van der Waals surface area (Å²) < 4.78 is 25.9. The van der Waals surface area contributed by atoms with Crippen LogP contribution >= 0.6 is 11.6 Å². The monoisotopic (exact) mass is 360 g/mol. The second kappa shape index (κ2) is 6.22. The summed E-state index contributed by atoms with van der Waals surface area (Å²) in [4.78, 5) is 15.8. The minimum absolute atomic E-state index is 0.127. The first-order valence-electron chi connectivity index (χ1n) is 7.05. The fraction of sp³-hybridized carbons (Fsp3) is 0.0588. The SMILES string of the molecule is CC(=O)Nc1cccc2c(S(=O)(=O)c3ccc(Cl)cc3)ccnc12. The Morgan fingerprint density at radius 3 is 2.46 bits per heavy atom. The third kappa shape index (κ3) is 2.98. The van der Waals surface area contributed by atoms with E-state index in [0.29, 0.717) is 21.6 Å². The van der Waals surface area contributed by atoms with E-state index in [-0.39, 0.29) is 15.7 Å². The molecule has 0 atom stereocenters. The van der Waals surface area contributed by atoms with Crippen molar-refractivity contribution in [1.29, 1.82) is 0 Å². The molecule has 1 amide bonds. The van der Waals surface area contributed by atoms with E-state index in [0.717, 1.165) is 0 Å². The number of hydrogen-bond acceptors (Lipinski definition) is 4. The number of aromatic nitrogens is 1. The molecule has 122 valence electrons. The molecule has 0 aliphatic heterocycles. The molecule has 0 unspecified atom stereocenters. The predicted octanol–water partition coefficient (Wildman–Crippen LogP) is 3.68. The van der Waals surface area contributed by atoms with E-state index in [9.17, 15) is 13.2 Å². The highest BCUT2D eigenvalue weighted by Crippen LogP contribution is 2.31. The van der Waals surface area contributed by atoms with E-state index in [1.54, 1.807) is 18.2 Å². The Morgan fingerprint density at radius 2 is 1.79 bits per heavy atom. The van der Waals surface area contributed by atoms with Crippen molar-refractivity contribution in [3.63, 3.8) is 0 Å². The summed E-state index contributed by atoms with van der Waals surface area (Å²) in [5, 5.41) is 3.56. The Labute approximate surface area is 144 Å². The molecule has 0 aliphatic rings. The molecule has 0 aliphatic carbocycles. The van der Waals surface area contributed by atoms with Gasteiger partial charge in [-0.25, -0.2) is 8.42 Å². The molecule has 7 heteroatoms. The van der Waals surface area contributed by atoms with Gasteiger partial charge in [0.15, 0.2) is 0 Å². The predicted molar refractivity (Wildman–Crippen MR) is 93.0 cm³/mol. The average Bonchev–Trinajstić information content (AvgIpc) is 2.54. The first-order valence-corrected chi connectivity index (χ1v) is 8.92. The molecular weight excluding hydrogens is 348 g/mol. The smallest absolute Gasteiger partial charge is 0.221 e. The molecule has 3 aromatic rings. The number of hydrogen-bond donors (Lipinski definition) is 1. The van der Waals surface area contributed by atoms with Crippen LogP contribution in [-0.2, 0) is 14.6 Å². The Kier molecular flexibility index (Phi) is 4.26. The van der Waals surface area contributed by atoms with E-state index in [2.05, 4.69) is 10.3 Å². The summed E-state index contributed by atoms with van der Waals surface area (Å²) in [5.74, 6) is -0.254. The summed E-state index contributed by atoms with van der Waals surface area (Å²) in [5.41, 5.74) is 0.885. The maximum atomic E-state index is 12.9. The van der Waals surface area contributed by atoms with Gasteiger partial charge in [-0.15, -0.1) is 0 Å². The van der Waals surface area contributed by atoms with Gasteiger partial charge in [-0.2, -0.15) is 0 Å². The third-order valence-corrected chi connectivity index (χ3v) is 5.53. The van der Waals surface area contributed by atoms with Crippen molar-refractivity contribution in [2.75, 3.05) is 5.32 Å². The second-order valence-electron chi connectivity index (χ2n) is 5.15. The van der Waals surface area contributed by atoms with Crippen LogP contribution in [0, 0.1) is 0 Å². The second-order valence-corrected chi connectivity index (χ2v) is 7.50. The fourth-order valence-corrected chi connectivity index (χ4v) is 3.98. The van der Waals surface area contributed by atoms with Gasteiger partial charge < -0.3 is 5.32 Å². The van der Waals surface area contributed by atoms with Crippen LogP contribution in [0.5, 0.6) is 0 Å². The van der Waals surface area contributed by atoms with Crippen LogP contribution in [0.2, 0.25) is 5.02 Å². The number of carbonyl (C=O) groups is 1. The molecule has 3 rings (SSSR count). The zero-order valence-corrected chi connectivity index (χ0v) is 14.2. The standard InChI is InChI=1S/C17H13ClN2O3S/c1-11(21)20-15-4-2-3-14-16(9-10-19-17(14)15)24(22,23)13-7-5-12(18)6-8-13/h2-10H,1H3,(H,20,21). The van der Waals surface area contributed by atoms with E-state index in [1.165, 1.54) is 43.5 Å². The summed E-state index contributed by atoms with van der Waals surface area (Å²) in [6.07, 6.45) is 1.41. The van der Waals surface area contributed by atoms with Crippen molar-refractivity contribution >= 4 is 43.9 Å². The van der Waals surface area contributed by atoms with Gasteiger partial charge >= 0.3 is 0 Å². The lowest BCUT2D eigenvalue weighted by Crippen LogP contribution is -2.08. The first kappa shape index (κ1) is 16.4. The number of para-hydroxylation sites is 1. The number of fused-ring (bicyclic) bond motifs is 1. The molecule has 1 N–H and O–H groups in total. The number of benzene rings is 2. The van der Waals surface area contributed by atoms with E-state index >= 15 is 0 Å². The molecule has 0 bridgehead atoms. The van der Waals surface area contributed by atoms with Gasteiger partial charge in [0.25, 0.3) is 0 Å². The number of carbonyl (C=O) groups excluding carboxylic acids is 1. The zero-order chi connectivity index (χ0) is 17.3. The van der Waals surface area contributed by atoms with Crippen LogP contribution in [0.15, 0.2) is 64.5 Å². The van der Waals surface area contributed by atoms with E-state index < -0.39 is 9.84 Å². The molecule has 0 saturated carbocycles. The van der Waals surface area contributed by atoms with Gasteiger partial charge in [-0.3, -0.25) is 9.78 Å². The molecule has 0 fully saturated rings. The molecule has 5 nitrogen and oxygen atoms in total. The summed E-state index contributed by atoms with van der Waals surface area (Å²) in [6.45, 7) is 1.38. The van der Waals surface area contributed by atoms with Crippen LogP contribution in [-0.4, -0.2) is 19.3 Å². The Balaban J connectivity index is 2.23. The van der Waals surface area contributed by atoms with Crippen molar-refractivity contribution in [2.24, 2.45) is 0 Å². The minimum atomic E-state index is -3.74. The lowest BCUT2D eigenvalue weighted by molar-refractivity contribution is -0.114. The number of halogens is 1. The molecule has 24 heavy (non-hydrogen) atoms. The third-order valence-electron chi connectivity index (χ3n) is 3.46. The quantitative estimate of drug-likeness (QED) is 0.773. The van der Waals surface area contributed by atoms with Crippen LogP contribution < -0.4 is 5.32 Å². The van der Waals surface area contributed by atoms with Crippen LogP contribution in [0.1, 0.15) is 6.92 Å². The molecule has 1 heterocycles. The number of amides is 1. The Hall–Kier alpha value is -2.44. The van der Waals surface area contributed by atoms with Crippen LogP contribution in [0.25, 0.3) is 10.9 Å². The maximum Gasteiger partial charge on any atom is 0.221 e. The highest BCUT2D eigenvalue weighted by Gasteiger charge is 2.21. The summed E-state index contributed by atoms with van der Waals surface area (Å²) in [6, 6.07) is 12.4. The van der Waals surface area contributed by atoms with Crippen molar-refractivity contribution in [3.05, 3.63) is 59.8 Å². The minimum Gasteiger partial charge on any atom is -0.324 e. The van der Waals surface area contributed by atoms with Gasteiger partial charge in [0.05, 0.1) is 21.0 Å². The average molecular weight is 361 g/mol. The molecule has 0 spiro atoms. The molecular formula is C17H13ClN2O3S. The summed E-state index contributed by atoms with van der Waals surface area (Å²) in [7, 11) is -3.74. The van der Waals surface area contributed by atoms with Crippen LogP contribution in [0.4, 0.5) is 5.69 Å². The lowest BCUT2D eigenvalue weighted by atomic mass is 10.2. The number of nitrogens with zero attached hydrogens (tertiary/aromatic N) is 1. The Bertz CT molecular complexity index is 1030. The maximum absolute atomic E-state index is 12.9. The van der Waals surface area contributed by atoms with Crippen molar-refractivity contribution in [1.82, 2.24) is 4.98 Å². The zero-order valence-electron chi connectivity index (χ0n) is 12.7. The van der Waals surface area contributed by atoms with Gasteiger partial charge in [-0.1, -0.05) is 23.7 Å². The topological polar surface area (TPSA) is 76.1 Å². The molecule has 1 aromatic heterocycles.